The van der Waals surface area contributed by atoms with Gasteiger partial charge in [0.05, 0.1) is 5.75 Å². The van der Waals surface area contributed by atoms with Crippen molar-refractivity contribution >= 4 is 31.9 Å². The maximum absolute atomic E-state index is 11.8. The fraction of sp³-hybridized carbons (Fsp3) is 0.364. The maximum atomic E-state index is 11.8. The highest BCUT2D eigenvalue weighted by Gasteiger charge is 2.31. The molecule has 0 radical (unpaired) electrons. The molecule has 0 aliphatic carbocycles. The summed E-state index contributed by atoms with van der Waals surface area (Å²) in [4.78, 5) is 10.7. The summed E-state index contributed by atoms with van der Waals surface area (Å²) in [6.45, 7) is 0.436. The molecule has 0 bridgehead atoms. The molecule has 0 heterocycles. The van der Waals surface area contributed by atoms with Gasteiger partial charge in [0.1, 0.15) is 0 Å². The molecule has 0 saturated heterocycles. The van der Waals surface area contributed by atoms with Gasteiger partial charge in [0.2, 0.25) is 10.0 Å². The van der Waals surface area contributed by atoms with E-state index in [1.165, 1.54) is 0 Å². The fourth-order valence-corrected chi connectivity index (χ4v) is 3.07. The highest BCUT2D eigenvalue weighted by atomic mass is 79.9. The van der Waals surface area contributed by atoms with E-state index in [0.29, 0.717) is 10.0 Å². The summed E-state index contributed by atoms with van der Waals surface area (Å²) in [7, 11) is -3.73. The first-order valence-electron chi connectivity index (χ1n) is 5.30. The van der Waals surface area contributed by atoms with Crippen LogP contribution in [0.25, 0.3) is 0 Å². The molecule has 1 aromatic rings. The normalized spacial score (nSPS) is 14.9. The van der Waals surface area contributed by atoms with Crippen molar-refractivity contribution in [2.24, 2.45) is 0 Å². The molecule has 19 heavy (non-hydrogen) atoms. The van der Waals surface area contributed by atoms with Crippen molar-refractivity contribution in [2.45, 2.75) is 18.3 Å². The molecule has 0 spiro atoms. The molecule has 0 saturated carbocycles. The molecule has 106 valence electrons. The lowest BCUT2D eigenvalue weighted by atomic mass is 10.1. The first-order chi connectivity index (χ1) is 8.64. The first-order valence-corrected chi connectivity index (χ1v) is 7.75. The Balaban J connectivity index is 2.74. The van der Waals surface area contributed by atoms with Gasteiger partial charge in [-0.25, -0.2) is 17.9 Å². The van der Waals surface area contributed by atoms with Crippen LogP contribution in [0.15, 0.2) is 28.7 Å². The number of halogens is 1. The summed E-state index contributed by atoms with van der Waals surface area (Å²) >= 11 is 3.23. The number of carbonyl (C=O) groups is 1. The summed E-state index contributed by atoms with van der Waals surface area (Å²) in [5, 5.41) is 18.1. The zero-order valence-corrected chi connectivity index (χ0v) is 12.5. The zero-order chi connectivity index (χ0) is 14.7. The summed E-state index contributed by atoms with van der Waals surface area (Å²) in [6.07, 6.45) is 0. The van der Waals surface area contributed by atoms with Crippen LogP contribution in [0.5, 0.6) is 0 Å². The minimum absolute atomic E-state index is 0.301. The van der Waals surface area contributed by atoms with Gasteiger partial charge in [0, 0.05) is 11.0 Å². The number of carboxylic acids is 1. The number of hydrogen-bond acceptors (Lipinski definition) is 4. The monoisotopic (exact) mass is 351 g/mol. The first kappa shape index (κ1) is 16.1. The molecule has 8 heteroatoms. The Labute approximate surface area is 119 Å². The Kier molecular flexibility index (Phi) is 5.08. The lowest BCUT2D eigenvalue weighted by molar-refractivity contribution is -0.155. The van der Waals surface area contributed by atoms with Crippen molar-refractivity contribution in [3.63, 3.8) is 0 Å². The number of hydrogen-bond donors (Lipinski definition) is 3. The van der Waals surface area contributed by atoms with Crippen molar-refractivity contribution < 1.29 is 23.4 Å². The second-order valence-electron chi connectivity index (χ2n) is 4.25. The molecular weight excluding hydrogens is 338 g/mol. The highest BCUT2D eigenvalue weighted by molar-refractivity contribution is 9.10. The fourth-order valence-electron chi connectivity index (χ4n) is 1.20. The Hall–Kier alpha value is -0.960. The lowest BCUT2D eigenvalue weighted by Crippen LogP contribution is -2.46. The summed E-state index contributed by atoms with van der Waals surface area (Å²) in [6, 6.07) is 6.79. The van der Waals surface area contributed by atoms with Crippen LogP contribution in [0, 0.1) is 0 Å². The van der Waals surface area contributed by atoms with Gasteiger partial charge >= 0.3 is 5.97 Å². The van der Waals surface area contributed by atoms with Gasteiger partial charge < -0.3 is 10.2 Å². The molecule has 0 aliphatic heterocycles. The molecule has 0 amide bonds. The quantitative estimate of drug-likeness (QED) is 0.699. The van der Waals surface area contributed by atoms with Crippen LogP contribution >= 0.6 is 15.9 Å². The van der Waals surface area contributed by atoms with Crippen LogP contribution < -0.4 is 4.72 Å². The van der Waals surface area contributed by atoms with Gasteiger partial charge in [-0.3, -0.25) is 0 Å². The van der Waals surface area contributed by atoms with E-state index in [1.54, 1.807) is 24.3 Å². The Morgan fingerprint density at radius 2 is 2.00 bits per heavy atom. The van der Waals surface area contributed by atoms with Crippen LogP contribution in [0.2, 0.25) is 0 Å². The van der Waals surface area contributed by atoms with Gasteiger partial charge in [-0.1, -0.05) is 34.1 Å². The van der Waals surface area contributed by atoms with Crippen molar-refractivity contribution in [1.82, 2.24) is 4.72 Å². The number of carboxylic acid groups (broad SMARTS) is 1. The second-order valence-corrected chi connectivity index (χ2v) is 6.91. The number of sulfonamides is 1. The topological polar surface area (TPSA) is 104 Å². The van der Waals surface area contributed by atoms with E-state index in [9.17, 15) is 18.3 Å². The number of rotatable bonds is 6. The molecule has 1 aromatic carbocycles. The van der Waals surface area contributed by atoms with Gasteiger partial charge in [-0.05, 0) is 18.6 Å². The zero-order valence-electron chi connectivity index (χ0n) is 10.1. The molecule has 1 atom stereocenters. The van der Waals surface area contributed by atoms with Gasteiger partial charge in [-0.15, -0.1) is 0 Å². The van der Waals surface area contributed by atoms with Crippen LogP contribution in [-0.4, -0.2) is 36.7 Å². The van der Waals surface area contributed by atoms with Crippen molar-refractivity contribution in [3.8, 4) is 0 Å². The van der Waals surface area contributed by atoms with E-state index in [4.69, 9.17) is 5.11 Å². The van der Waals surface area contributed by atoms with E-state index in [-0.39, 0.29) is 5.75 Å². The molecule has 0 fully saturated rings. The van der Waals surface area contributed by atoms with Crippen LogP contribution in [0.4, 0.5) is 0 Å². The summed E-state index contributed by atoms with van der Waals surface area (Å²) in [5.74, 6) is -1.79. The maximum Gasteiger partial charge on any atom is 0.336 e. The molecule has 0 aromatic heterocycles. The van der Waals surface area contributed by atoms with Crippen LogP contribution in [-0.2, 0) is 20.6 Å². The van der Waals surface area contributed by atoms with Gasteiger partial charge in [-0.2, -0.15) is 0 Å². The lowest BCUT2D eigenvalue weighted by Gasteiger charge is -2.18. The van der Waals surface area contributed by atoms with Crippen LogP contribution in [0.1, 0.15) is 12.5 Å². The molecule has 1 unspecified atom stereocenters. The SMILES string of the molecule is CC(O)(CNS(=O)(=O)Cc1ccccc1Br)C(=O)O. The number of benzene rings is 1. The minimum atomic E-state index is -3.73. The van der Waals surface area contributed by atoms with E-state index in [1.807, 2.05) is 0 Å². The average molecular weight is 352 g/mol. The number of aliphatic hydroxyl groups is 1. The largest absolute Gasteiger partial charge is 0.479 e. The highest BCUT2D eigenvalue weighted by Crippen LogP contribution is 2.18. The number of aliphatic carboxylic acids is 1. The average Bonchev–Trinajstić information content (AvgIpc) is 2.30. The Morgan fingerprint density at radius 1 is 1.42 bits per heavy atom. The van der Waals surface area contributed by atoms with E-state index in [2.05, 4.69) is 20.7 Å². The Morgan fingerprint density at radius 3 is 2.53 bits per heavy atom. The predicted octanol–water partition coefficient (Wildman–Crippen LogP) is 0.704. The molecule has 6 nitrogen and oxygen atoms in total. The second kappa shape index (κ2) is 6.00. The van der Waals surface area contributed by atoms with E-state index >= 15 is 0 Å². The summed E-state index contributed by atoms with van der Waals surface area (Å²) < 4.78 is 26.3. The van der Waals surface area contributed by atoms with Crippen LogP contribution in [0.3, 0.4) is 0 Å². The third kappa shape index (κ3) is 4.90. The number of nitrogens with one attached hydrogen (secondary N) is 1. The van der Waals surface area contributed by atoms with E-state index < -0.39 is 28.1 Å². The Bertz CT molecular complexity index is 570. The smallest absolute Gasteiger partial charge is 0.336 e. The summed E-state index contributed by atoms with van der Waals surface area (Å²) in [5.41, 5.74) is -1.59. The predicted molar refractivity (Wildman–Crippen MR) is 73.0 cm³/mol. The standard InChI is InChI=1S/C11H14BrNO5S/c1-11(16,10(14)15)7-13-19(17,18)6-8-4-2-3-5-9(8)12/h2-5,13,16H,6-7H2,1H3,(H,14,15). The third-order valence-electron chi connectivity index (χ3n) is 2.40. The van der Waals surface area contributed by atoms with Crippen molar-refractivity contribution in [1.29, 1.82) is 0 Å². The van der Waals surface area contributed by atoms with Crippen molar-refractivity contribution in [2.75, 3.05) is 6.54 Å². The molecule has 1 rings (SSSR count). The van der Waals surface area contributed by atoms with Gasteiger partial charge in [0.25, 0.3) is 0 Å². The third-order valence-corrected chi connectivity index (χ3v) is 4.45. The molecule has 0 aliphatic rings. The van der Waals surface area contributed by atoms with E-state index in [0.717, 1.165) is 6.92 Å². The minimum Gasteiger partial charge on any atom is -0.479 e. The molecule has 3 N–H and O–H groups in total. The van der Waals surface area contributed by atoms with Crippen molar-refractivity contribution in [3.05, 3.63) is 34.3 Å². The van der Waals surface area contributed by atoms with Gasteiger partial charge in [0.15, 0.2) is 5.60 Å². The molecular formula is C11H14BrNO5S.